The summed E-state index contributed by atoms with van der Waals surface area (Å²) in [5.41, 5.74) is 0. The van der Waals surface area contributed by atoms with Crippen molar-refractivity contribution in [2.24, 2.45) is 0 Å². The van der Waals surface area contributed by atoms with Crippen LogP contribution < -0.4 is 14.8 Å². The fourth-order valence-corrected chi connectivity index (χ4v) is 1.71. The number of carboxylic acid groups (broad SMARTS) is 1. The minimum atomic E-state index is -0.875. The summed E-state index contributed by atoms with van der Waals surface area (Å²) in [6.07, 6.45) is -0.268. The number of ether oxygens (including phenoxy) is 2. The Morgan fingerprint density at radius 3 is 2.79 bits per heavy atom. The van der Waals surface area contributed by atoms with Gasteiger partial charge in [0.1, 0.15) is 6.61 Å². The molecule has 1 atom stereocenters. The van der Waals surface area contributed by atoms with Crippen molar-refractivity contribution in [2.45, 2.75) is 18.9 Å². The Hall–Kier alpha value is -2.24. The smallest absolute Gasteiger partial charge is 0.303 e. The molecule has 0 aromatic heterocycles. The molecule has 6 nitrogen and oxygen atoms in total. The van der Waals surface area contributed by atoms with E-state index in [1.54, 1.807) is 18.2 Å². The zero-order valence-corrected chi connectivity index (χ0v) is 10.3. The molecular weight excluding hydrogens is 250 g/mol. The molecule has 1 amide bonds. The molecule has 0 bridgehead atoms. The summed E-state index contributed by atoms with van der Waals surface area (Å²) >= 11 is 0. The Bertz CT molecular complexity index is 474. The topological polar surface area (TPSA) is 84.9 Å². The molecule has 2 rings (SSSR count). The number of carboxylic acids is 1. The van der Waals surface area contributed by atoms with Crippen molar-refractivity contribution in [3.05, 3.63) is 24.3 Å². The maximum atomic E-state index is 11.8. The maximum Gasteiger partial charge on any atom is 0.303 e. The first-order valence-electron chi connectivity index (χ1n) is 6.05. The molecule has 1 aromatic rings. The summed E-state index contributed by atoms with van der Waals surface area (Å²) in [5.74, 6) is -0.00261. The van der Waals surface area contributed by atoms with E-state index in [0.29, 0.717) is 24.5 Å². The first-order chi connectivity index (χ1) is 9.16. The number of aliphatic carboxylic acids is 1. The second kappa shape index (κ2) is 6.08. The largest absolute Gasteiger partial charge is 0.485 e. The van der Waals surface area contributed by atoms with E-state index in [-0.39, 0.29) is 18.9 Å². The monoisotopic (exact) mass is 265 g/mol. The number of fused-ring (bicyclic) bond motifs is 1. The maximum absolute atomic E-state index is 11.8. The van der Waals surface area contributed by atoms with E-state index >= 15 is 0 Å². The molecule has 0 saturated heterocycles. The van der Waals surface area contributed by atoms with Gasteiger partial charge in [0.05, 0.1) is 0 Å². The molecule has 2 N–H and O–H groups in total. The van der Waals surface area contributed by atoms with Crippen molar-refractivity contribution in [3.63, 3.8) is 0 Å². The van der Waals surface area contributed by atoms with Gasteiger partial charge in [-0.05, 0) is 18.6 Å². The van der Waals surface area contributed by atoms with Crippen molar-refractivity contribution < 1.29 is 24.2 Å². The van der Waals surface area contributed by atoms with E-state index in [4.69, 9.17) is 14.6 Å². The molecule has 0 spiro atoms. The van der Waals surface area contributed by atoms with Gasteiger partial charge in [-0.1, -0.05) is 12.1 Å². The number of amides is 1. The van der Waals surface area contributed by atoms with Gasteiger partial charge in [-0.15, -0.1) is 0 Å². The Morgan fingerprint density at radius 2 is 2.05 bits per heavy atom. The average molecular weight is 265 g/mol. The predicted molar refractivity (Wildman–Crippen MR) is 66.2 cm³/mol. The Balaban J connectivity index is 1.80. The Morgan fingerprint density at radius 1 is 1.32 bits per heavy atom. The highest BCUT2D eigenvalue weighted by Crippen LogP contribution is 2.30. The minimum absolute atomic E-state index is 0.0329. The molecule has 1 aliphatic rings. The molecule has 1 aromatic carbocycles. The quantitative estimate of drug-likeness (QED) is 0.769. The van der Waals surface area contributed by atoms with Gasteiger partial charge in [0.2, 0.25) is 6.10 Å². The standard InChI is InChI=1S/C13H15NO5/c15-12(16)6-3-7-14-13(17)11-8-18-9-4-1-2-5-10(9)19-11/h1-2,4-5,11H,3,6-8H2,(H,14,17)(H,15,16)/t11-/m0/s1. The van der Waals surface area contributed by atoms with Crippen LogP contribution in [0.15, 0.2) is 24.3 Å². The van der Waals surface area contributed by atoms with Gasteiger partial charge in [0, 0.05) is 13.0 Å². The normalized spacial score (nSPS) is 16.7. The first-order valence-corrected chi connectivity index (χ1v) is 6.05. The summed E-state index contributed by atoms with van der Waals surface area (Å²) in [6.45, 7) is 0.467. The van der Waals surface area contributed by atoms with Crippen LogP contribution in [-0.4, -0.2) is 36.2 Å². The molecular formula is C13H15NO5. The molecule has 0 radical (unpaired) electrons. The van der Waals surface area contributed by atoms with Gasteiger partial charge < -0.3 is 19.9 Å². The molecule has 0 aliphatic carbocycles. The van der Waals surface area contributed by atoms with E-state index in [0.717, 1.165) is 0 Å². The molecule has 1 aliphatic heterocycles. The van der Waals surface area contributed by atoms with Crippen LogP contribution in [0.2, 0.25) is 0 Å². The SMILES string of the molecule is O=C(O)CCCNC(=O)[C@@H]1COc2ccccc2O1. The predicted octanol–water partition coefficient (Wildman–Crippen LogP) is 0.807. The molecule has 0 saturated carbocycles. The Labute approximate surface area is 110 Å². The molecule has 0 unspecified atom stereocenters. The second-order valence-electron chi connectivity index (χ2n) is 4.15. The van der Waals surface area contributed by atoms with Crippen LogP contribution in [0.25, 0.3) is 0 Å². The average Bonchev–Trinajstić information content (AvgIpc) is 2.42. The first kappa shape index (κ1) is 13.2. The highest BCUT2D eigenvalue weighted by molar-refractivity contribution is 5.81. The van der Waals surface area contributed by atoms with Gasteiger partial charge >= 0.3 is 5.97 Å². The summed E-state index contributed by atoms with van der Waals surface area (Å²) in [6, 6.07) is 7.14. The third-order valence-electron chi connectivity index (χ3n) is 2.67. The van der Waals surface area contributed by atoms with Crippen LogP contribution in [0.1, 0.15) is 12.8 Å². The molecule has 0 fully saturated rings. The summed E-state index contributed by atoms with van der Waals surface area (Å²) in [5, 5.41) is 11.1. The van der Waals surface area contributed by atoms with E-state index in [2.05, 4.69) is 5.32 Å². The lowest BCUT2D eigenvalue weighted by Crippen LogP contribution is -2.44. The van der Waals surface area contributed by atoms with E-state index in [1.807, 2.05) is 6.07 Å². The number of hydrogen-bond donors (Lipinski definition) is 2. The van der Waals surface area contributed by atoms with E-state index in [1.165, 1.54) is 0 Å². The number of carbonyl (C=O) groups is 2. The second-order valence-corrected chi connectivity index (χ2v) is 4.15. The lowest BCUT2D eigenvalue weighted by Gasteiger charge is -2.25. The minimum Gasteiger partial charge on any atom is -0.485 e. The summed E-state index contributed by atoms with van der Waals surface area (Å²) in [4.78, 5) is 22.1. The van der Waals surface area contributed by atoms with Crippen LogP contribution in [-0.2, 0) is 9.59 Å². The third-order valence-corrected chi connectivity index (χ3v) is 2.67. The Kier molecular flexibility index (Phi) is 4.22. The van der Waals surface area contributed by atoms with Crippen LogP contribution in [0.5, 0.6) is 11.5 Å². The van der Waals surface area contributed by atoms with E-state index < -0.39 is 12.1 Å². The number of nitrogens with one attached hydrogen (secondary N) is 1. The molecule has 6 heteroatoms. The summed E-state index contributed by atoms with van der Waals surface area (Å²) in [7, 11) is 0. The van der Waals surface area contributed by atoms with Crippen molar-refractivity contribution in [2.75, 3.05) is 13.2 Å². The van der Waals surface area contributed by atoms with Crippen molar-refractivity contribution in [1.29, 1.82) is 0 Å². The highest BCUT2D eigenvalue weighted by atomic mass is 16.6. The number of benzene rings is 1. The van der Waals surface area contributed by atoms with Crippen molar-refractivity contribution >= 4 is 11.9 Å². The highest BCUT2D eigenvalue weighted by Gasteiger charge is 2.26. The van der Waals surface area contributed by atoms with E-state index in [9.17, 15) is 9.59 Å². The third kappa shape index (κ3) is 3.61. The number of hydrogen-bond acceptors (Lipinski definition) is 4. The molecule has 102 valence electrons. The van der Waals surface area contributed by atoms with Crippen LogP contribution in [0, 0.1) is 0 Å². The zero-order chi connectivity index (χ0) is 13.7. The van der Waals surface area contributed by atoms with Crippen LogP contribution in [0.3, 0.4) is 0 Å². The van der Waals surface area contributed by atoms with Crippen LogP contribution in [0.4, 0.5) is 0 Å². The van der Waals surface area contributed by atoms with Gasteiger partial charge in [-0.25, -0.2) is 0 Å². The fourth-order valence-electron chi connectivity index (χ4n) is 1.71. The summed E-state index contributed by atoms with van der Waals surface area (Å²) < 4.78 is 10.9. The number of carbonyl (C=O) groups excluding carboxylic acids is 1. The fraction of sp³-hybridized carbons (Fsp3) is 0.385. The number of rotatable bonds is 5. The van der Waals surface area contributed by atoms with Crippen molar-refractivity contribution in [3.8, 4) is 11.5 Å². The van der Waals surface area contributed by atoms with Crippen molar-refractivity contribution in [1.82, 2.24) is 5.32 Å². The zero-order valence-electron chi connectivity index (χ0n) is 10.3. The van der Waals surface area contributed by atoms with Crippen LogP contribution >= 0.6 is 0 Å². The van der Waals surface area contributed by atoms with Gasteiger partial charge in [0.15, 0.2) is 11.5 Å². The molecule has 19 heavy (non-hydrogen) atoms. The lowest BCUT2D eigenvalue weighted by atomic mass is 10.2. The number of para-hydroxylation sites is 2. The lowest BCUT2D eigenvalue weighted by molar-refractivity contribution is -0.137. The van der Waals surface area contributed by atoms with Gasteiger partial charge in [0.25, 0.3) is 5.91 Å². The van der Waals surface area contributed by atoms with Gasteiger partial charge in [-0.3, -0.25) is 9.59 Å². The molecule has 1 heterocycles. The van der Waals surface area contributed by atoms with Gasteiger partial charge in [-0.2, -0.15) is 0 Å².